The van der Waals surface area contributed by atoms with Crippen LogP contribution in [0.15, 0.2) is 12.5 Å². The van der Waals surface area contributed by atoms with Gasteiger partial charge in [0.1, 0.15) is 0 Å². The van der Waals surface area contributed by atoms with Gasteiger partial charge in [0, 0.05) is 25.7 Å². The van der Waals surface area contributed by atoms with Crippen molar-refractivity contribution in [3.05, 3.63) is 18.2 Å². The third kappa shape index (κ3) is 8.04. The van der Waals surface area contributed by atoms with Gasteiger partial charge in [-0.2, -0.15) is 0 Å². The molecule has 0 fully saturated rings. The fourth-order valence-corrected chi connectivity index (χ4v) is 2.25. The minimum atomic E-state index is 1.04. The van der Waals surface area contributed by atoms with Crippen LogP contribution in [0.5, 0.6) is 0 Å². The van der Waals surface area contributed by atoms with E-state index < -0.39 is 0 Å². The summed E-state index contributed by atoms with van der Waals surface area (Å²) in [5.74, 6) is 0. The van der Waals surface area contributed by atoms with Crippen LogP contribution in [-0.4, -0.2) is 22.6 Å². The molecule has 1 aromatic heterocycles. The predicted octanol–water partition coefficient (Wildman–Crippen LogP) is 3.79. The van der Waals surface area contributed by atoms with Crippen LogP contribution in [0.4, 0.5) is 0 Å². The van der Waals surface area contributed by atoms with Crippen molar-refractivity contribution >= 4 is 0 Å². The molecule has 0 radical (unpaired) electrons. The lowest BCUT2D eigenvalue weighted by atomic mass is 10.1. The predicted molar refractivity (Wildman–Crippen MR) is 82.5 cm³/mol. The molecule has 1 N–H and O–H groups in total. The van der Waals surface area contributed by atoms with Crippen molar-refractivity contribution in [3.8, 4) is 0 Å². The molecular weight excluding hydrogens is 234 g/mol. The Bertz CT molecular complexity index is 307. The first-order valence-corrected chi connectivity index (χ1v) is 8.08. The van der Waals surface area contributed by atoms with Crippen LogP contribution < -0.4 is 5.32 Å². The Morgan fingerprint density at radius 2 is 1.79 bits per heavy atom. The second-order valence-electron chi connectivity index (χ2n) is 5.37. The Labute approximate surface area is 118 Å². The minimum Gasteiger partial charge on any atom is -0.337 e. The molecule has 1 rings (SSSR count). The van der Waals surface area contributed by atoms with E-state index in [2.05, 4.69) is 34.9 Å². The lowest BCUT2D eigenvalue weighted by molar-refractivity contribution is 0.557. The highest BCUT2D eigenvalue weighted by molar-refractivity contribution is 4.97. The van der Waals surface area contributed by atoms with Crippen LogP contribution in [0, 0.1) is 0 Å². The first-order chi connectivity index (χ1) is 9.36. The summed E-state index contributed by atoms with van der Waals surface area (Å²) in [6, 6.07) is 0. The molecule has 1 heterocycles. The highest BCUT2D eigenvalue weighted by Gasteiger charge is 1.98. The average molecular weight is 265 g/mol. The third-order valence-electron chi connectivity index (χ3n) is 3.44. The SMILES string of the molecule is CCCCCCCCn1cnc(CCNCCC)c1. The lowest BCUT2D eigenvalue weighted by Gasteiger charge is -2.02. The Kier molecular flexibility index (Phi) is 9.42. The summed E-state index contributed by atoms with van der Waals surface area (Å²) in [7, 11) is 0. The molecule has 0 unspecified atom stereocenters. The summed E-state index contributed by atoms with van der Waals surface area (Å²) in [6.45, 7) is 7.74. The topological polar surface area (TPSA) is 29.9 Å². The maximum absolute atomic E-state index is 4.47. The molecule has 3 heteroatoms. The van der Waals surface area contributed by atoms with E-state index in [-0.39, 0.29) is 0 Å². The van der Waals surface area contributed by atoms with Crippen LogP contribution in [0.2, 0.25) is 0 Å². The number of nitrogens with zero attached hydrogens (tertiary/aromatic N) is 2. The van der Waals surface area contributed by atoms with Gasteiger partial charge in [0.05, 0.1) is 12.0 Å². The number of nitrogens with one attached hydrogen (secondary N) is 1. The highest BCUT2D eigenvalue weighted by Crippen LogP contribution is 2.07. The van der Waals surface area contributed by atoms with E-state index in [9.17, 15) is 0 Å². The maximum Gasteiger partial charge on any atom is 0.0949 e. The maximum atomic E-state index is 4.47. The van der Waals surface area contributed by atoms with Crippen molar-refractivity contribution in [2.75, 3.05) is 13.1 Å². The van der Waals surface area contributed by atoms with Crippen molar-refractivity contribution in [2.24, 2.45) is 0 Å². The van der Waals surface area contributed by atoms with Gasteiger partial charge in [0.15, 0.2) is 0 Å². The van der Waals surface area contributed by atoms with Crippen molar-refractivity contribution in [1.29, 1.82) is 0 Å². The minimum absolute atomic E-state index is 1.04. The Morgan fingerprint density at radius 3 is 2.58 bits per heavy atom. The molecule has 0 aliphatic rings. The van der Waals surface area contributed by atoms with E-state index in [0.29, 0.717) is 0 Å². The summed E-state index contributed by atoms with van der Waals surface area (Å²) in [6.07, 6.45) is 14.6. The molecule has 1 aromatic rings. The summed E-state index contributed by atoms with van der Waals surface area (Å²) < 4.78 is 2.25. The largest absolute Gasteiger partial charge is 0.337 e. The van der Waals surface area contributed by atoms with Gasteiger partial charge in [-0.3, -0.25) is 0 Å². The normalized spacial score (nSPS) is 11.1. The van der Waals surface area contributed by atoms with Crippen LogP contribution >= 0.6 is 0 Å². The van der Waals surface area contributed by atoms with Gasteiger partial charge in [0.2, 0.25) is 0 Å². The number of aromatic nitrogens is 2. The summed E-state index contributed by atoms with van der Waals surface area (Å²) in [5, 5.41) is 3.42. The van der Waals surface area contributed by atoms with Crippen molar-refractivity contribution < 1.29 is 0 Å². The molecule has 0 aliphatic heterocycles. The molecule has 19 heavy (non-hydrogen) atoms. The molecule has 0 atom stereocenters. The molecule has 0 saturated heterocycles. The van der Waals surface area contributed by atoms with Crippen LogP contribution in [0.1, 0.15) is 64.5 Å². The molecule has 0 spiro atoms. The first kappa shape index (κ1) is 16.2. The average Bonchev–Trinajstić information content (AvgIpc) is 2.87. The van der Waals surface area contributed by atoms with E-state index in [0.717, 1.165) is 26.1 Å². The molecule has 0 aliphatic carbocycles. The number of imidazole rings is 1. The Balaban J connectivity index is 2.06. The molecular formula is C16H31N3. The molecule has 3 nitrogen and oxygen atoms in total. The van der Waals surface area contributed by atoms with Gasteiger partial charge < -0.3 is 9.88 Å². The van der Waals surface area contributed by atoms with Crippen LogP contribution in [-0.2, 0) is 13.0 Å². The smallest absolute Gasteiger partial charge is 0.0949 e. The van der Waals surface area contributed by atoms with Crippen molar-refractivity contribution in [2.45, 2.75) is 71.8 Å². The van der Waals surface area contributed by atoms with Gasteiger partial charge >= 0.3 is 0 Å². The van der Waals surface area contributed by atoms with Gasteiger partial charge in [-0.05, 0) is 19.4 Å². The zero-order valence-corrected chi connectivity index (χ0v) is 12.8. The fraction of sp³-hybridized carbons (Fsp3) is 0.812. The zero-order valence-electron chi connectivity index (χ0n) is 12.8. The zero-order chi connectivity index (χ0) is 13.8. The van der Waals surface area contributed by atoms with Crippen LogP contribution in [0.25, 0.3) is 0 Å². The van der Waals surface area contributed by atoms with Gasteiger partial charge in [0.25, 0.3) is 0 Å². The van der Waals surface area contributed by atoms with E-state index in [1.54, 1.807) is 0 Å². The monoisotopic (exact) mass is 265 g/mol. The second kappa shape index (κ2) is 11.0. The van der Waals surface area contributed by atoms with Crippen molar-refractivity contribution in [3.63, 3.8) is 0 Å². The fourth-order valence-electron chi connectivity index (χ4n) is 2.25. The highest BCUT2D eigenvalue weighted by atomic mass is 15.0. The summed E-state index contributed by atoms with van der Waals surface area (Å²) in [5.41, 5.74) is 1.22. The van der Waals surface area contributed by atoms with E-state index in [4.69, 9.17) is 0 Å². The van der Waals surface area contributed by atoms with Crippen LogP contribution in [0.3, 0.4) is 0 Å². The molecule has 0 bridgehead atoms. The number of hydrogen-bond acceptors (Lipinski definition) is 2. The Morgan fingerprint density at radius 1 is 1.00 bits per heavy atom. The van der Waals surface area contributed by atoms with Crippen molar-refractivity contribution in [1.82, 2.24) is 14.9 Å². The van der Waals surface area contributed by atoms with E-state index >= 15 is 0 Å². The summed E-state index contributed by atoms with van der Waals surface area (Å²) >= 11 is 0. The first-order valence-electron chi connectivity index (χ1n) is 8.08. The third-order valence-corrected chi connectivity index (χ3v) is 3.44. The quantitative estimate of drug-likeness (QED) is 0.583. The van der Waals surface area contributed by atoms with E-state index in [1.807, 2.05) is 6.33 Å². The number of aryl methyl sites for hydroxylation is 1. The van der Waals surface area contributed by atoms with Gasteiger partial charge in [-0.1, -0.05) is 46.0 Å². The number of rotatable bonds is 12. The molecule has 0 saturated carbocycles. The second-order valence-corrected chi connectivity index (χ2v) is 5.37. The number of unbranched alkanes of at least 4 members (excludes halogenated alkanes) is 5. The lowest BCUT2D eigenvalue weighted by Crippen LogP contribution is -2.17. The molecule has 0 aromatic carbocycles. The standard InChI is InChI=1S/C16H31N3/c1-3-5-6-7-8-9-13-19-14-16(18-15-19)10-12-17-11-4-2/h14-15,17H,3-13H2,1-2H3. The Hall–Kier alpha value is -0.830. The van der Waals surface area contributed by atoms with Gasteiger partial charge in [-0.15, -0.1) is 0 Å². The number of hydrogen-bond donors (Lipinski definition) is 1. The van der Waals surface area contributed by atoms with E-state index in [1.165, 1.54) is 50.6 Å². The summed E-state index contributed by atoms with van der Waals surface area (Å²) in [4.78, 5) is 4.47. The van der Waals surface area contributed by atoms with Gasteiger partial charge in [-0.25, -0.2) is 4.98 Å². The molecule has 0 amide bonds. The molecule has 110 valence electrons.